The van der Waals surface area contributed by atoms with Crippen LogP contribution in [0.4, 0.5) is 8.78 Å². The molecular weight excluding hydrogens is 444 g/mol. The molecular formula is C25H27F2N3O4. The quantitative estimate of drug-likeness (QED) is 0.727. The summed E-state index contributed by atoms with van der Waals surface area (Å²) in [6.45, 7) is 2.80. The number of rotatable bonds is 5. The minimum absolute atomic E-state index is 0.00212. The lowest BCUT2D eigenvalue weighted by atomic mass is 9.96. The lowest BCUT2D eigenvalue weighted by Gasteiger charge is -2.44. The maximum atomic E-state index is 14.1. The van der Waals surface area contributed by atoms with Gasteiger partial charge in [0.05, 0.1) is 12.2 Å². The van der Waals surface area contributed by atoms with Crippen molar-refractivity contribution < 1.29 is 27.9 Å². The number of amides is 3. The third-order valence-electron chi connectivity index (χ3n) is 6.34. The molecule has 0 radical (unpaired) electrons. The summed E-state index contributed by atoms with van der Waals surface area (Å²) in [5.74, 6) is -2.44. The highest BCUT2D eigenvalue weighted by Gasteiger charge is 2.54. The normalized spacial score (nSPS) is 19.3. The highest BCUT2D eigenvalue weighted by atomic mass is 19.1. The molecule has 2 fully saturated rings. The van der Waals surface area contributed by atoms with E-state index in [1.54, 1.807) is 6.07 Å². The summed E-state index contributed by atoms with van der Waals surface area (Å²) < 4.78 is 34.0. The molecule has 2 heterocycles. The van der Waals surface area contributed by atoms with Gasteiger partial charge in [-0.2, -0.15) is 0 Å². The van der Waals surface area contributed by atoms with E-state index >= 15 is 0 Å². The van der Waals surface area contributed by atoms with Gasteiger partial charge in [0, 0.05) is 38.0 Å². The molecule has 0 aromatic heterocycles. The van der Waals surface area contributed by atoms with E-state index in [1.165, 1.54) is 46.2 Å². The molecule has 180 valence electrons. The van der Waals surface area contributed by atoms with Crippen LogP contribution in [0.5, 0.6) is 0 Å². The standard InChI is InChI=1S/C25H27F2N3O4/c1-2-12-28-22(31)21-16-34-25(30(21)23(32)17-6-5-7-18(26)15-17)10-13-29(14-11-25)24(33)19-8-3-4-9-20(19)27/h3-9,15,21H,2,10-14,16H2,1H3,(H,28,31)/t21-/m0/s1. The number of halogens is 2. The molecule has 2 aromatic rings. The molecule has 0 unspecified atom stereocenters. The molecule has 9 heteroatoms. The fourth-order valence-electron chi connectivity index (χ4n) is 4.56. The van der Waals surface area contributed by atoms with Crippen LogP contribution in [-0.2, 0) is 9.53 Å². The van der Waals surface area contributed by atoms with Crippen molar-refractivity contribution in [2.75, 3.05) is 26.2 Å². The Morgan fingerprint density at radius 1 is 1.06 bits per heavy atom. The van der Waals surface area contributed by atoms with Gasteiger partial charge in [-0.25, -0.2) is 8.78 Å². The summed E-state index contributed by atoms with van der Waals surface area (Å²) in [7, 11) is 0. The van der Waals surface area contributed by atoms with Gasteiger partial charge in [0.25, 0.3) is 11.8 Å². The number of hydrogen-bond donors (Lipinski definition) is 1. The molecule has 3 amide bonds. The smallest absolute Gasteiger partial charge is 0.256 e. The van der Waals surface area contributed by atoms with Gasteiger partial charge in [-0.3, -0.25) is 19.3 Å². The van der Waals surface area contributed by atoms with Crippen molar-refractivity contribution in [1.82, 2.24) is 15.1 Å². The van der Waals surface area contributed by atoms with Crippen LogP contribution in [0.1, 0.15) is 46.9 Å². The minimum Gasteiger partial charge on any atom is -0.354 e. The van der Waals surface area contributed by atoms with Crippen molar-refractivity contribution in [2.45, 2.75) is 38.0 Å². The summed E-state index contributed by atoms with van der Waals surface area (Å²) in [5.41, 5.74) is -1.03. The Hall–Kier alpha value is -3.33. The summed E-state index contributed by atoms with van der Waals surface area (Å²) in [6.07, 6.45) is 1.22. The highest BCUT2D eigenvalue weighted by Crippen LogP contribution is 2.39. The van der Waals surface area contributed by atoms with Gasteiger partial charge >= 0.3 is 0 Å². The largest absolute Gasteiger partial charge is 0.354 e. The van der Waals surface area contributed by atoms with Crippen LogP contribution >= 0.6 is 0 Å². The molecule has 1 spiro atoms. The molecule has 0 bridgehead atoms. The first kappa shape index (κ1) is 23.8. The lowest BCUT2D eigenvalue weighted by molar-refractivity contribution is -0.128. The number of hydrogen-bond acceptors (Lipinski definition) is 4. The summed E-state index contributed by atoms with van der Waals surface area (Å²) in [6, 6.07) is 10.2. The van der Waals surface area contributed by atoms with E-state index < -0.39 is 35.2 Å². The molecule has 1 N–H and O–H groups in total. The number of carbonyl (C=O) groups excluding carboxylic acids is 3. The molecule has 0 saturated carbocycles. The van der Waals surface area contributed by atoms with E-state index in [4.69, 9.17) is 4.74 Å². The summed E-state index contributed by atoms with van der Waals surface area (Å²) in [5, 5.41) is 2.81. The van der Waals surface area contributed by atoms with Gasteiger partial charge in [0.15, 0.2) is 0 Å². The zero-order chi connectivity index (χ0) is 24.3. The monoisotopic (exact) mass is 471 g/mol. The maximum Gasteiger partial charge on any atom is 0.256 e. The second-order valence-electron chi connectivity index (χ2n) is 8.52. The van der Waals surface area contributed by atoms with Gasteiger partial charge < -0.3 is 15.0 Å². The molecule has 2 aromatic carbocycles. The Labute approximate surface area is 196 Å². The average molecular weight is 472 g/mol. The van der Waals surface area contributed by atoms with Gasteiger partial charge in [-0.05, 0) is 36.8 Å². The van der Waals surface area contributed by atoms with E-state index in [9.17, 15) is 23.2 Å². The molecule has 2 aliphatic heterocycles. The van der Waals surface area contributed by atoms with Gasteiger partial charge in [-0.15, -0.1) is 0 Å². The zero-order valence-electron chi connectivity index (χ0n) is 18.9. The van der Waals surface area contributed by atoms with E-state index in [-0.39, 0.29) is 49.6 Å². The number of carbonyl (C=O) groups is 3. The third kappa shape index (κ3) is 4.52. The van der Waals surface area contributed by atoms with Crippen LogP contribution in [0.25, 0.3) is 0 Å². The van der Waals surface area contributed by atoms with Crippen LogP contribution in [-0.4, -0.2) is 65.5 Å². The van der Waals surface area contributed by atoms with Crippen molar-refractivity contribution in [3.8, 4) is 0 Å². The van der Waals surface area contributed by atoms with Gasteiger partial charge in [0.2, 0.25) is 5.91 Å². The molecule has 2 saturated heterocycles. The Morgan fingerprint density at radius 2 is 1.79 bits per heavy atom. The first-order valence-corrected chi connectivity index (χ1v) is 11.4. The third-order valence-corrected chi connectivity index (χ3v) is 6.34. The SMILES string of the molecule is CCCNC(=O)[C@@H]1COC2(CCN(C(=O)c3ccccc3F)CC2)N1C(=O)c1cccc(F)c1. The first-order chi connectivity index (χ1) is 16.4. The van der Waals surface area contributed by atoms with Crippen molar-refractivity contribution in [3.63, 3.8) is 0 Å². The van der Waals surface area contributed by atoms with E-state index in [0.29, 0.717) is 6.54 Å². The molecule has 1 atom stereocenters. The summed E-state index contributed by atoms with van der Waals surface area (Å²) in [4.78, 5) is 42.1. The Kier molecular flexibility index (Phi) is 6.92. The van der Waals surface area contributed by atoms with E-state index in [0.717, 1.165) is 12.5 Å². The van der Waals surface area contributed by atoms with Crippen LogP contribution in [0, 0.1) is 11.6 Å². The van der Waals surface area contributed by atoms with Crippen molar-refractivity contribution in [2.24, 2.45) is 0 Å². The Balaban J connectivity index is 1.58. The van der Waals surface area contributed by atoms with Crippen molar-refractivity contribution in [1.29, 1.82) is 0 Å². The number of ether oxygens (including phenoxy) is 1. The number of likely N-dealkylation sites (tertiary alicyclic amines) is 1. The Morgan fingerprint density at radius 3 is 2.47 bits per heavy atom. The Bertz CT molecular complexity index is 1090. The lowest BCUT2D eigenvalue weighted by Crippen LogP contribution is -2.59. The number of benzene rings is 2. The number of nitrogens with zero attached hydrogens (tertiary/aromatic N) is 2. The topological polar surface area (TPSA) is 79.0 Å². The zero-order valence-corrected chi connectivity index (χ0v) is 18.9. The predicted molar refractivity (Wildman–Crippen MR) is 120 cm³/mol. The van der Waals surface area contributed by atoms with E-state index in [1.807, 2.05) is 6.92 Å². The van der Waals surface area contributed by atoms with Gasteiger partial charge in [-0.1, -0.05) is 25.1 Å². The molecule has 0 aliphatic carbocycles. The maximum absolute atomic E-state index is 14.1. The molecule has 4 rings (SSSR count). The molecule has 7 nitrogen and oxygen atoms in total. The van der Waals surface area contributed by atoms with Crippen LogP contribution in [0.15, 0.2) is 48.5 Å². The molecule has 34 heavy (non-hydrogen) atoms. The predicted octanol–water partition coefficient (Wildman–Crippen LogP) is 2.96. The number of piperidine rings is 1. The van der Waals surface area contributed by atoms with Crippen LogP contribution in [0.3, 0.4) is 0 Å². The van der Waals surface area contributed by atoms with E-state index in [2.05, 4.69) is 5.32 Å². The molecule has 2 aliphatic rings. The van der Waals surface area contributed by atoms with Crippen LogP contribution in [0.2, 0.25) is 0 Å². The first-order valence-electron chi connectivity index (χ1n) is 11.4. The van der Waals surface area contributed by atoms with Crippen molar-refractivity contribution >= 4 is 17.7 Å². The fraction of sp³-hybridized carbons (Fsp3) is 0.400. The second kappa shape index (κ2) is 9.89. The average Bonchev–Trinajstić information content (AvgIpc) is 3.21. The second-order valence-corrected chi connectivity index (χ2v) is 8.52. The number of nitrogens with one attached hydrogen (secondary N) is 1. The van der Waals surface area contributed by atoms with Crippen LogP contribution < -0.4 is 5.32 Å². The fourth-order valence-corrected chi connectivity index (χ4v) is 4.56. The minimum atomic E-state index is -1.12. The highest BCUT2D eigenvalue weighted by molar-refractivity contribution is 5.98. The summed E-state index contributed by atoms with van der Waals surface area (Å²) >= 11 is 0. The van der Waals surface area contributed by atoms with Gasteiger partial charge in [0.1, 0.15) is 23.4 Å². The van der Waals surface area contributed by atoms with Crippen molar-refractivity contribution in [3.05, 3.63) is 71.3 Å².